The first-order valence-electron chi connectivity index (χ1n) is 3.43. The van der Waals surface area contributed by atoms with E-state index in [2.05, 4.69) is 10.7 Å². The number of allylic oxidation sites excluding steroid dienone is 1. The molecule has 0 aromatic rings. The molecule has 0 aliphatic heterocycles. The van der Waals surface area contributed by atoms with E-state index in [0.29, 0.717) is 6.42 Å². The normalized spacial score (nSPS) is 12.3. The van der Waals surface area contributed by atoms with Crippen molar-refractivity contribution in [1.29, 1.82) is 0 Å². The molecular formula is C7H13NO3. The maximum atomic E-state index is 10.7. The standard InChI is InChI=1S/C7H13NO3/c1-3-4-6(9)5(2)7(10)11-8/h9H,3-4,8H2,1-2H3. The summed E-state index contributed by atoms with van der Waals surface area (Å²) in [5.41, 5.74) is 0.175. The second kappa shape index (κ2) is 4.73. The lowest BCUT2D eigenvalue weighted by atomic mass is 10.2. The third-order valence-electron chi connectivity index (χ3n) is 1.33. The molecule has 0 radical (unpaired) electrons. The van der Waals surface area contributed by atoms with Gasteiger partial charge in [0, 0.05) is 6.42 Å². The molecule has 0 amide bonds. The van der Waals surface area contributed by atoms with Gasteiger partial charge in [-0.25, -0.2) is 4.79 Å². The molecule has 0 unspecified atom stereocenters. The van der Waals surface area contributed by atoms with Crippen molar-refractivity contribution in [2.45, 2.75) is 26.7 Å². The van der Waals surface area contributed by atoms with Crippen LogP contribution in [-0.2, 0) is 9.63 Å². The fourth-order valence-corrected chi connectivity index (χ4v) is 0.631. The van der Waals surface area contributed by atoms with Crippen molar-refractivity contribution in [3.05, 3.63) is 11.3 Å². The van der Waals surface area contributed by atoms with Gasteiger partial charge in [-0.2, -0.15) is 5.90 Å². The van der Waals surface area contributed by atoms with Crippen LogP contribution >= 0.6 is 0 Å². The Morgan fingerprint density at radius 2 is 2.18 bits per heavy atom. The zero-order valence-corrected chi connectivity index (χ0v) is 6.76. The molecule has 0 saturated carbocycles. The molecule has 4 heteroatoms. The SMILES string of the molecule is CCCC(O)=C(C)C(=O)ON. The van der Waals surface area contributed by atoms with Crippen molar-refractivity contribution < 1.29 is 14.7 Å². The number of aliphatic hydroxyl groups is 1. The summed E-state index contributed by atoms with van der Waals surface area (Å²) in [6.45, 7) is 3.37. The highest BCUT2D eigenvalue weighted by Crippen LogP contribution is 2.07. The van der Waals surface area contributed by atoms with E-state index in [1.165, 1.54) is 6.92 Å². The van der Waals surface area contributed by atoms with E-state index in [4.69, 9.17) is 5.11 Å². The molecule has 4 nitrogen and oxygen atoms in total. The third kappa shape index (κ3) is 3.04. The van der Waals surface area contributed by atoms with E-state index < -0.39 is 5.97 Å². The first kappa shape index (κ1) is 9.97. The molecule has 64 valence electrons. The van der Waals surface area contributed by atoms with E-state index in [-0.39, 0.29) is 11.3 Å². The van der Waals surface area contributed by atoms with Crippen LogP contribution in [0.25, 0.3) is 0 Å². The van der Waals surface area contributed by atoms with E-state index in [1.54, 1.807) is 0 Å². The molecule has 0 aromatic heterocycles. The fourth-order valence-electron chi connectivity index (χ4n) is 0.631. The predicted octanol–water partition coefficient (Wildman–Crippen LogP) is 1.04. The van der Waals surface area contributed by atoms with Crippen molar-refractivity contribution >= 4 is 5.97 Å². The van der Waals surface area contributed by atoms with Crippen LogP contribution in [0.3, 0.4) is 0 Å². The van der Waals surface area contributed by atoms with Crippen LogP contribution in [0.4, 0.5) is 0 Å². The molecule has 0 rings (SSSR count). The highest BCUT2D eigenvalue weighted by Gasteiger charge is 2.09. The lowest BCUT2D eigenvalue weighted by Gasteiger charge is -2.01. The predicted molar refractivity (Wildman–Crippen MR) is 40.5 cm³/mol. The van der Waals surface area contributed by atoms with E-state index in [9.17, 15) is 4.79 Å². The third-order valence-corrected chi connectivity index (χ3v) is 1.33. The van der Waals surface area contributed by atoms with Gasteiger partial charge in [0.15, 0.2) is 0 Å². The van der Waals surface area contributed by atoms with Crippen molar-refractivity contribution in [3.63, 3.8) is 0 Å². The number of aliphatic hydroxyl groups excluding tert-OH is 1. The molecule has 11 heavy (non-hydrogen) atoms. The van der Waals surface area contributed by atoms with Gasteiger partial charge in [-0.3, -0.25) is 0 Å². The van der Waals surface area contributed by atoms with Gasteiger partial charge in [0.2, 0.25) is 0 Å². The first-order chi connectivity index (χ1) is 5.13. The number of hydrogen-bond acceptors (Lipinski definition) is 4. The van der Waals surface area contributed by atoms with E-state index in [1.807, 2.05) is 6.92 Å². The van der Waals surface area contributed by atoms with Gasteiger partial charge in [0.1, 0.15) is 5.76 Å². The topological polar surface area (TPSA) is 72.5 Å². The smallest absolute Gasteiger partial charge is 0.355 e. The number of carbonyl (C=O) groups excluding carboxylic acids is 1. The minimum Gasteiger partial charge on any atom is -0.512 e. The van der Waals surface area contributed by atoms with Crippen LogP contribution in [0.1, 0.15) is 26.7 Å². The van der Waals surface area contributed by atoms with Crippen LogP contribution in [0.5, 0.6) is 0 Å². The highest BCUT2D eigenvalue weighted by molar-refractivity contribution is 5.87. The molecule has 0 saturated heterocycles. The minimum absolute atomic E-state index is 0.0444. The van der Waals surface area contributed by atoms with Gasteiger partial charge in [-0.15, -0.1) is 0 Å². The van der Waals surface area contributed by atoms with Crippen LogP contribution in [0, 0.1) is 0 Å². The van der Waals surface area contributed by atoms with Gasteiger partial charge in [-0.1, -0.05) is 6.92 Å². The first-order valence-corrected chi connectivity index (χ1v) is 3.43. The van der Waals surface area contributed by atoms with Gasteiger partial charge in [-0.05, 0) is 13.3 Å². The summed E-state index contributed by atoms with van der Waals surface area (Å²) in [5, 5.41) is 9.14. The zero-order valence-electron chi connectivity index (χ0n) is 6.76. The lowest BCUT2D eigenvalue weighted by molar-refractivity contribution is -0.139. The van der Waals surface area contributed by atoms with Gasteiger partial charge in [0.25, 0.3) is 0 Å². The molecule has 0 aliphatic carbocycles. The second-order valence-electron chi connectivity index (χ2n) is 2.23. The Kier molecular flexibility index (Phi) is 4.29. The van der Waals surface area contributed by atoms with Crippen molar-refractivity contribution in [2.24, 2.45) is 5.90 Å². The minimum atomic E-state index is -0.684. The average Bonchev–Trinajstić information content (AvgIpc) is 2.02. The Morgan fingerprint density at radius 1 is 1.64 bits per heavy atom. The molecule has 0 aliphatic rings. The van der Waals surface area contributed by atoms with Crippen LogP contribution in [0.15, 0.2) is 11.3 Å². The summed E-state index contributed by atoms with van der Waals surface area (Å²) in [7, 11) is 0. The molecule has 3 N–H and O–H groups in total. The Bertz CT molecular complexity index is 175. The van der Waals surface area contributed by atoms with Gasteiger partial charge in [0.05, 0.1) is 5.57 Å². The Balaban J connectivity index is 4.26. The maximum Gasteiger partial charge on any atom is 0.355 e. The van der Waals surface area contributed by atoms with Crippen LogP contribution < -0.4 is 5.90 Å². The largest absolute Gasteiger partial charge is 0.512 e. The fraction of sp³-hybridized carbons (Fsp3) is 0.571. The van der Waals surface area contributed by atoms with Crippen molar-refractivity contribution in [3.8, 4) is 0 Å². The lowest BCUT2D eigenvalue weighted by Crippen LogP contribution is -2.12. The monoisotopic (exact) mass is 159 g/mol. The quantitative estimate of drug-likeness (QED) is 0.366. The summed E-state index contributed by atoms with van der Waals surface area (Å²) in [6.07, 6.45) is 1.25. The molecule has 0 heterocycles. The molecule has 0 atom stereocenters. The van der Waals surface area contributed by atoms with Crippen LogP contribution in [-0.4, -0.2) is 11.1 Å². The van der Waals surface area contributed by atoms with Crippen molar-refractivity contribution in [1.82, 2.24) is 0 Å². The number of rotatable bonds is 3. The average molecular weight is 159 g/mol. The summed E-state index contributed by atoms with van der Waals surface area (Å²) in [6, 6.07) is 0. The second-order valence-corrected chi connectivity index (χ2v) is 2.23. The summed E-state index contributed by atoms with van der Waals surface area (Å²) in [4.78, 5) is 14.6. The zero-order chi connectivity index (χ0) is 8.85. The Labute approximate surface area is 65.6 Å². The molecule has 0 fully saturated rings. The molecule has 0 bridgehead atoms. The summed E-state index contributed by atoms with van der Waals surface area (Å²) >= 11 is 0. The Morgan fingerprint density at radius 3 is 2.55 bits per heavy atom. The van der Waals surface area contributed by atoms with Gasteiger partial charge >= 0.3 is 5.97 Å². The number of hydrogen-bond donors (Lipinski definition) is 2. The molecule has 0 spiro atoms. The van der Waals surface area contributed by atoms with E-state index >= 15 is 0 Å². The number of nitrogens with two attached hydrogens (primary N) is 1. The molecular weight excluding hydrogens is 146 g/mol. The highest BCUT2D eigenvalue weighted by atomic mass is 16.7. The van der Waals surface area contributed by atoms with Crippen LogP contribution in [0.2, 0.25) is 0 Å². The maximum absolute atomic E-state index is 10.7. The van der Waals surface area contributed by atoms with E-state index in [0.717, 1.165) is 6.42 Å². The van der Waals surface area contributed by atoms with Gasteiger partial charge < -0.3 is 9.94 Å². The number of carbonyl (C=O) groups is 1. The molecule has 0 aromatic carbocycles. The summed E-state index contributed by atoms with van der Waals surface area (Å²) in [5.74, 6) is 3.97. The van der Waals surface area contributed by atoms with Crippen molar-refractivity contribution in [2.75, 3.05) is 0 Å². The summed E-state index contributed by atoms with van der Waals surface area (Å²) < 4.78 is 0. The Hall–Kier alpha value is -1.03.